The second-order valence-corrected chi connectivity index (χ2v) is 6.35. The van der Waals surface area contributed by atoms with E-state index in [0.717, 1.165) is 31.8 Å². The van der Waals surface area contributed by atoms with Crippen molar-refractivity contribution in [2.75, 3.05) is 18.0 Å². The predicted molar refractivity (Wildman–Crippen MR) is 78.9 cm³/mol. The molecule has 2 rings (SSSR count). The SMILES string of the molecule is CC(C)(C)C1CCN(c2nccc(/C(N)=N/O)n2)CC1. The van der Waals surface area contributed by atoms with Crippen molar-refractivity contribution < 1.29 is 5.21 Å². The van der Waals surface area contributed by atoms with Gasteiger partial charge in [-0.15, -0.1) is 0 Å². The molecular formula is C14H23N5O. The largest absolute Gasteiger partial charge is 0.409 e. The summed E-state index contributed by atoms with van der Waals surface area (Å²) in [6.07, 6.45) is 3.92. The van der Waals surface area contributed by atoms with Gasteiger partial charge >= 0.3 is 0 Å². The van der Waals surface area contributed by atoms with Crippen molar-refractivity contribution in [2.45, 2.75) is 33.6 Å². The summed E-state index contributed by atoms with van der Waals surface area (Å²) in [7, 11) is 0. The van der Waals surface area contributed by atoms with Gasteiger partial charge in [0, 0.05) is 19.3 Å². The topological polar surface area (TPSA) is 87.6 Å². The lowest BCUT2D eigenvalue weighted by Gasteiger charge is -2.38. The monoisotopic (exact) mass is 277 g/mol. The van der Waals surface area contributed by atoms with Crippen LogP contribution in [-0.2, 0) is 0 Å². The van der Waals surface area contributed by atoms with Gasteiger partial charge in [0.15, 0.2) is 5.84 Å². The van der Waals surface area contributed by atoms with Crippen molar-refractivity contribution in [3.8, 4) is 0 Å². The van der Waals surface area contributed by atoms with Gasteiger partial charge in [0.1, 0.15) is 5.69 Å². The molecule has 1 aliphatic rings. The fourth-order valence-corrected chi connectivity index (χ4v) is 2.64. The molecule has 0 radical (unpaired) electrons. The molecule has 2 heterocycles. The average Bonchev–Trinajstić information content (AvgIpc) is 2.46. The molecule has 3 N–H and O–H groups in total. The van der Waals surface area contributed by atoms with E-state index in [1.54, 1.807) is 12.3 Å². The molecule has 0 spiro atoms. The van der Waals surface area contributed by atoms with Crippen LogP contribution in [-0.4, -0.2) is 34.1 Å². The molecule has 0 unspecified atom stereocenters. The zero-order valence-electron chi connectivity index (χ0n) is 12.4. The van der Waals surface area contributed by atoms with E-state index in [0.29, 0.717) is 17.1 Å². The van der Waals surface area contributed by atoms with E-state index in [9.17, 15) is 0 Å². The minimum Gasteiger partial charge on any atom is -0.409 e. The van der Waals surface area contributed by atoms with Crippen LogP contribution in [0.4, 0.5) is 5.95 Å². The number of piperidine rings is 1. The van der Waals surface area contributed by atoms with Gasteiger partial charge in [-0.05, 0) is 30.2 Å². The van der Waals surface area contributed by atoms with Gasteiger partial charge in [0.2, 0.25) is 5.95 Å². The lowest BCUT2D eigenvalue weighted by Crippen LogP contribution is -2.39. The number of anilines is 1. The Kier molecular flexibility index (Phi) is 4.11. The van der Waals surface area contributed by atoms with E-state index in [2.05, 4.69) is 40.8 Å². The lowest BCUT2D eigenvalue weighted by molar-refractivity contribution is 0.198. The Labute approximate surface area is 119 Å². The first kappa shape index (κ1) is 14.6. The molecule has 0 amide bonds. The van der Waals surface area contributed by atoms with Crippen molar-refractivity contribution in [2.24, 2.45) is 22.2 Å². The number of amidine groups is 1. The number of hydrogen-bond acceptors (Lipinski definition) is 5. The van der Waals surface area contributed by atoms with E-state index in [-0.39, 0.29) is 5.84 Å². The van der Waals surface area contributed by atoms with Crippen LogP contribution < -0.4 is 10.6 Å². The Bertz CT molecular complexity index is 487. The molecule has 0 saturated carbocycles. The van der Waals surface area contributed by atoms with Crippen LogP contribution in [0.5, 0.6) is 0 Å². The van der Waals surface area contributed by atoms with Crippen LogP contribution in [0, 0.1) is 11.3 Å². The number of aromatic nitrogens is 2. The second kappa shape index (κ2) is 5.64. The van der Waals surface area contributed by atoms with Crippen molar-refractivity contribution >= 4 is 11.8 Å². The van der Waals surface area contributed by atoms with Gasteiger partial charge in [0.05, 0.1) is 0 Å². The summed E-state index contributed by atoms with van der Waals surface area (Å²) >= 11 is 0. The van der Waals surface area contributed by atoms with Gasteiger partial charge < -0.3 is 15.8 Å². The molecule has 0 bridgehead atoms. The smallest absolute Gasteiger partial charge is 0.225 e. The maximum atomic E-state index is 8.70. The molecule has 1 aromatic heterocycles. The van der Waals surface area contributed by atoms with Crippen molar-refractivity contribution in [1.82, 2.24) is 9.97 Å². The molecule has 0 atom stereocenters. The van der Waals surface area contributed by atoms with E-state index in [1.165, 1.54) is 0 Å². The number of rotatable bonds is 2. The highest BCUT2D eigenvalue weighted by molar-refractivity contribution is 5.95. The van der Waals surface area contributed by atoms with Crippen LogP contribution >= 0.6 is 0 Å². The molecule has 0 aliphatic carbocycles. The molecule has 20 heavy (non-hydrogen) atoms. The number of oxime groups is 1. The Morgan fingerprint density at radius 1 is 1.40 bits per heavy atom. The van der Waals surface area contributed by atoms with Gasteiger partial charge in [-0.2, -0.15) is 0 Å². The first-order valence-electron chi connectivity index (χ1n) is 6.97. The molecule has 1 aliphatic heterocycles. The normalized spacial score (nSPS) is 18.4. The maximum Gasteiger partial charge on any atom is 0.225 e. The molecule has 1 fully saturated rings. The molecular weight excluding hydrogens is 254 g/mol. The Morgan fingerprint density at radius 3 is 2.60 bits per heavy atom. The van der Waals surface area contributed by atoms with Crippen molar-refractivity contribution in [3.63, 3.8) is 0 Å². The third-order valence-corrected chi connectivity index (χ3v) is 4.02. The van der Waals surface area contributed by atoms with E-state index in [1.807, 2.05) is 0 Å². The van der Waals surface area contributed by atoms with Crippen LogP contribution in [0.25, 0.3) is 0 Å². The van der Waals surface area contributed by atoms with Gasteiger partial charge in [-0.3, -0.25) is 0 Å². The minimum atomic E-state index is 0.0122. The van der Waals surface area contributed by atoms with Gasteiger partial charge in [-0.1, -0.05) is 25.9 Å². The highest BCUT2D eigenvalue weighted by Gasteiger charge is 2.29. The average molecular weight is 277 g/mol. The van der Waals surface area contributed by atoms with Crippen LogP contribution in [0.15, 0.2) is 17.4 Å². The fourth-order valence-electron chi connectivity index (χ4n) is 2.64. The van der Waals surface area contributed by atoms with E-state index < -0.39 is 0 Å². The van der Waals surface area contributed by atoms with Crippen LogP contribution in [0.2, 0.25) is 0 Å². The van der Waals surface area contributed by atoms with E-state index in [4.69, 9.17) is 10.9 Å². The first-order valence-corrected chi connectivity index (χ1v) is 6.97. The Hall–Kier alpha value is -1.85. The molecule has 110 valence electrons. The molecule has 6 heteroatoms. The van der Waals surface area contributed by atoms with Crippen molar-refractivity contribution in [3.05, 3.63) is 18.0 Å². The zero-order chi connectivity index (χ0) is 14.8. The summed E-state index contributed by atoms with van der Waals surface area (Å²) < 4.78 is 0. The third-order valence-electron chi connectivity index (χ3n) is 4.02. The fraction of sp³-hybridized carbons (Fsp3) is 0.643. The molecule has 6 nitrogen and oxygen atoms in total. The standard InChI is InChI=1S/C14H23N5O/c1-14(2,3)10-5-8-19(9-6-10)13-16-7-4-11(17-13)12(15)18-20/h4,7,10,20H,5-6,8-9H2,1-3H3,(H2,15,18). The number of nitrogens with two attached hydrogens (primary N) is 1. The summed E-state index contributed by atoms with van der Waals surface area (Å²) in [4.78, 5) is 10.8. The maximum absolute atomic E-state index is 8.70. The summed E-state index contributed by atoms with van der Waals surface area (Å²) in [5, 5.41) is 11.7. The second-order valence-electron chi connectivity index (χ2n) is 6.35. The highest BCUT2D eigenvalue weighted by Crippen LogP contribution is 2.34. The predicted octanol–water partition coefficient (Wildman–Crippen LogP) is 1.83. The third kappa shape index (κ3) is 3.18. The number of hydrogen-bond donors (Lipinski definition) is 2. The summed E-state index contributed by atoms with van der Waals surface area (Å²) in [5.41, 5.74) is 6.37. The van der Waals surface area contributed by atoms with Crippen molar-refractivity contribution in [1.29, 1.82) is 0 Å². The minimum absolute atomic E-state index is 0.0122. The lowest BCUT2D eigenvalue weighted by atomic mass is 9.75. The number of nitrogens with zero attached hydrogens (tertiary/aromatic N) is 4. The van der Waals surface area contributed by atoms with Crippen LogP contribution in [0.3, 0.4) is 0 Å². The van der Waals surface area contributed by atoms with Crippen LogP contribution in [0.1, 0.15) is 39.3 Å². The molecule has 0 aromatic carbocycles. The van der Waals surface area contributed by atoms with E-state index >= 15 is 0 Å². The Morgan fingerprint density at radius 2 is 2.05 bits per heavy atom. The Balaban J connectivity index is 2.08. The highest BCUT2D eigenvalue weighted by atomic mass is 16.4. The van der Waals surface area contributed by atoms with Gasteiger partial charge in [0.25, 0.3) is 0 Å². The van der Waals surface area contributed by atoms with Gasteiger partial charge in [-0.25, -0.2) is 9.97 Å². The first-order chi connectivity index (χ1) is 9.41. The molecule has 1 aromatic rings. The summed E-state index contributed by atoms with van der Waals surface area (Å²) in [6.45, 7) is 8.78. The summed E-state index contributed by atoms with van der Waals surface area (Å²) in [6, 6.07) is 1.64. The quantitative estimate of drug-likeness (QED) is 0.373. The zero-order valence-corrected chi connectivity index (χ0v) is 12.4. The molecule has 1 saturated heterocycles. The summed E-state index contributed by atoms with van der Waals surface area (Å²) in [5.74, 6) is 1.39.